The third kappa shape index (κ3) is 1.83. The molecular weight excluding hydrogens is 258 g/mol. The van der Waals surface area contributed by atoms with Crippen LogP contribution in [0.3, 0.4) is 0 Å². The molecule has 0 radical (unpaired) electrons. The number of aromatic nitrogens is 2. The molecule has 0 saturated heterocycles. The SMILES string of the molecule is COc1c(N)cc(-n2ccnc2)cc1Br. The number of hydrogen-bond acceptors (Lipinski definition) is 3. The molecule has 15 heavy (non-hydrogen) atoms. The normalized spacial score (nSPS) is 10.3. The van der Waals surface area contributed by atoms with Crippen LogP contribution in [-0.4, -0.2) is 16.7 Å². The largest absolute Gasteiger partial charge is 0.493 e. The highest BCUT2D eigenvalue weighted by Gasteiger charge is 2.07. The van der Waals surface area contributed by atoms with E-state index in [1.165, 1.54) is 0 Å². The van der Waals surface area contributed by atoms with E-state index < -0.39 is 0 Å². The van der Waals surface area contributed by atoms with Crippen LogP contribution in [-0.2, 0) is 0 Å². The van der Waals surface area contributed by atoms with E-state index in [4.69, 9.17) is 10.5 Å². The standard InChI is InChI=1S/C10H10BrN3O/c1-15-10-8(11)4-7(5-9(10)12)14-3-2-13-6-14/h2-6H,12H2,1H3. The zero-order valence-electron chi connectivity index (χ0n) is 8.14. The minimum absolute atomic E-state index is 0.593. The number of nitrogen functional groups attached to an aromatic ring is 1. The highest BCUT2D eigenvalue weighted by molar-refractivity contribution is 9.10. The van der Waals surface area contributed by atoms with Gasteiger partial charge in [0.25, 0.3) is 0 Å². The Morgan fingerprint density at radius 2 is 2.27 bits per heavy atom. The lowest BCUT2D eigenvalue weighted by molar-refractivity contribution is 0.414. The molecular formula is C10H10BrN3O. The molecule has 4 nitrogen and oxygen atoms in total. The predicted molar refractivity (Wildman–Crippen MR) is 62.2 cm³/mol. The molecule has 0 aliphatic heterocycles. The smallest absolute Gasteiger partial charge is 0.156 e. The first-order valence-corrected chi connectivity index (χ1v) is 5.13. The van der Waals surface area contributed by atoms with Gasteiger partial charge in [-0.3, -0.25) is 0 Å². The number of nitrogens with zero attached hydrogens (tertiary/aromatic N) is 2. The second kappa shape index (κ2) is 3.94. The fraction of sp³-hybridized carbons (Fsp3) is 0.100. The number of halogens is 1. The molecule has 1 heterocycles. The summed E-state index contributed by atoms with van der Waals surface area (Å²) in [6, 6.07) is 3.77. The lowest BCUT2D eigenvalue weighted by Crippen LogP contribution is -1.97. The van der Waals surface area contributed by atoms with E-state index in [1.54, 1.807) is 19.6 Å². The van der Waals surface area contributed by atoms with Crippen molar-refractivity contribution in [2.75, 3.05) is 12.8 Å². The van der Waals surface area contributed by atoms with E-state index in [-0.39, 0.29) is 0 Å². The second-order valence-corrected chi connectivity index (χ2v) is 3.87. The number of ether oxygens (including phenoxy) is 1. The first-order chi connectivity index (χ1) is 7.22. The quantitative estimate of drug-likeness (QED) is 0.850. The van der Waals surface area contributed by atoms with Crippen molar-refractivity contribution in [3.8, 4) is 11.4 Å². The molecule has 0 atom stereocenters. The molecule has 0 bridgehead atoms. The van der Waals surface area contributed by atoms with Crippen molar-refractivity contribution < 1.29 is 4.74 Å². The van der Waals surface area contributed by atoms with Crippen molar-refractivity contribution in [1.29, 1.82) is 0 Å². The summed E-state index contributed by atoms with van der Waals surface area (Å²) in [6.07, 6.45) is 5.29. The molecule has 0 fully saturated rings. The van der Waals surface area contributed by atoms with E-state index in [2.05, 4.69) is 20.9 Å². The van der Waals surface area contributed by atoms with Crippen LogP contribution in [0.4, 0.5) is 5.69 Å². The van der Waals surface area contributed by atoms with Gasteiger partial charge in [-0.05, 0) is 28.1 Å². The van der Waals surface area contributed by atoms with Gasteiger partial charge in [0, 0.05) is 18.1 Å². The average Bonchev–Trinajstić information content (AvgIpc) is 2.69. The van der Waals surface area contributed by atoms with Crippen LogP contribution in [0.1, 0.15) is 0 Å². The summed E-state index contributed by atoms with van der Waals surface area (Å²) in [7, 11) is 1.59. The Bertz CT molecular complexity index is 445. The summed E-state index contributed by atoms with van der Waals surface area (Å²) in [5, 5.41) is 0. The monoisotopic (exact) mass is 267 g/mol. The Labute approximate surface area is 95.8 Å². The second-order valence-electron chi connectivity index (χ2n) is 3.02. The van der Waals surface area contributed by atoms with E-state index in [0.29, 0.717) is 11.4 Å². The zero-order valence-corrected chi connectivity index (χ0v) is 9.73. The van der Waals surface area contributed by atoms with Crippen molar-refractivity contribution in [2.45, 2.75) is 0 Å². The fourth-order valence-electron chi connectivity index (χ4n) is 1.38. The molecule has 5 heteroatoms. The molecule has 2 rings (SSSR count). The molecule has 0 spiro atoms. The maximum atomic E-state index is 5.85. The number of benzene rings is 1. The van der Waals surface area contributed by atoms with Crippen molar-refractivity contribution in [3.05, 3.63) is 35.3 Å². The Morgan fingerprint density at radius 1 is 1.47 bits per heavy atom. The minimum Gasteiger partial charge on any atom is -0.493 e. The summed E-state index contributed by atoms with van der Waals surface area (Å²) < 4.78 is 7.85. The molecule has 1 aromatic heterocycles. The Kier molecular flexibility index (Phi) is 2.64. The van der Waals surface area contributed by atoms with Gasteiger partial charge in [-0.2, -0.15) is 0 Å². The maximum absolute atomic E-state index is 5.85. The van der Waals surface area contributed by atoms with E-state index in [0.717, 1.165) is 10.2 Å². The Hall–Kier alpha value is -1.49. The van der Waals surface area contributed by atoms with Crippen LogP contribution in [0.5, 0.6) is 5.75 Å². The van der Waals surface area contributed by atoms with Crippen LogP contribution >= 0.6 is 15.9 Å². The van der Waals surface area contributed by atoms with Gasteiger partial charge in [-0.15, -0.1) is 0 Å². The van der Waals surface area contributed by atoms with Crippen LogP contribution in [0.2, 0.25) is 0 Å². The van der Waals surface area contributed by atoms with Crippen molar-refractivity contribution in [1.82, 2.24) is 9.55 Å². The van der Waals surface area contributed by atoms with Gasteiger partial charge in [0.05, 0.1) is 23.6 Å². The van der Waals surface area contributed by atoms with E-state index in [1.807, 2.05) is 22.9 Å². The molecule has 78 valence electrons. The van der Waals surface area contributed by atoms with Crippen LogP contribution in [0, 0.1) is 0 Å². The molecule has 2 N–H and O–H groups in total. The summed E-state index contributed by atoms with van der Waals surface area (Å²) in [4.78, 5) is 3.98. The van der Waals surface area contributed by atoms with E-state index >= 15 is 0 Å². The average molecular weight is 268 g/mol. The molecule has 0 aliphatic carbocycles. The third-order valence-corrected chi connectivity index (χ3v) is 2.65. The summed E-state index contributed by atoms with van der Waals surface area (Å²) >= 11 is 3.40. The lowest BCUT2D eigenvalue weighted by Gasteiger charge is -2.10. The van der Waals surface area contributed by atoms with Gasteiger partial charge in [0.15, 0.2) is 5.75 Å². The zero-order chi connectivity index (χ0) is 10.8. The predicted octanol–water partition coefficient (Wildman–Crippen LogP) is 2.23. The van der Waals surface area contributed by atoms with Gasteiger partial charge < -0.3 is 15.0 Å². The minimum atomic E-state index is 0.593. The fourth-order valence-corrected chi connectivity index (χ4v) is 2.00. The number of anilines is 1. The number of methoxy groups -OCH3 is 1. The molecule has 1 aromatic carbocycles. The van der Waals surface area contributed by atoms with Gasteiger partial charge in [0.1, 0.15) is 0 Å². The van der Waals surface area contributed by atoms with Gasteiger partial charge in [-0.25, -0.2) is 4.98 Å². The molecule has 0 amide bonds. The summed E-state index contributed by atoms with van der Waals surface area (Å²) in [6.45, 7) is 0. The topological polar surface area (TPSA) is 53.1 Å². The van der Waals surface area contributed by atoms with E-state index in [9.17, 15) is 0 Å². The highest BCUT2D eigenvalue weighted by Crippen LogP contribution is 2.33. The maximum Gasteiger partial charge on any atom is 0.156 e. The van der Waals surface area contributed by atoms with Crippen molar-refractivity contribution in [2.24, 2.45) is 0 Å². The van der Waals surface area contributed by atoms with Crippen LogP contribution in [0.25, 0.3) is 5.69 Å². The first kappa shape index (κ1) is 10.0. The lowest BCUT2D eigenvalue weighted by atomic mass is 10.2. The Morgan fingerprint density at radius 3 is 2.80 bits per heavy atom. The number of hydrogen-bond donors (Lipinski definition) is 1. The first-order valence-electron chi connectivity index (χ1n) is 4.33. The molecule has 0 saturated carbocycles. The molecule has 2 aromatic rings. The third-order valence-electron chi connectivity index (χ3n) is 2.06. The number of rotatable bonds is 2. The van der Waals surface area contributed by atoms with Gasteiger partial charge >= 0.3 is 0 Å². The highest BCUT2D eigenvalue weighted by atomic mass is 79.9. The van der Waals surface area contributed by atoms with Crippen LogP contribution in [0.15, 0.2) is 35.3 Å². The van der Waals surface area contributed by atoms with Crippen molar-refractivity contribution in [3.63, 3.8) is 0 Å². The summed E-state index contributed by atoms with van der Waals surface area (Å²) in [5.41, 5.74) is 7.39. The van der Waals surface area contributed by atoms with Crippen LogP contribution < -0.4 is 10.5 Å². The Balaban J connectivity index is 2.53. The molecule has 0 unspecified atom stereocenters. The van der Waals surface area contributed by atoms with Crippen molar-refractivity contribution >= 4 is 21.6 Å². The number of nitrogens with two attached hydrogens (primary N) is 1. The number of imidazole rings is 1. The van der Waals surface area contributed by atoms with Gasteiger partial charge in [0.2, 0.25) is 0 Å². The molecule has 0 aliphatic rings. The van der Waals surface area contributed by atoms with Gasteiger partial charge in [-0.1, -0.05) is 0 Å². The summed E-state index contributed by atoms with van der Waals surface area (Å²) in [5.74, 6) is 0.652.